The van der Waals surface area contributed by atoms with Crippen LogP contribution in [-0.4, -0.2) is 16.7 Å². The van der Waals surface area contributed by atoms with Crippen molar-refractivity contribution in [2.24, 2.45) is 5.92 Å². The zero-order chi connectivity index (χ0) is 22.2. The van der Waals surface area contributed by atoms with Gasteiger partial charge in [0.2, 0.25) is 11.8 Å². The van der Waals surface area contributed by atoms with E-state index in [1.807, 2.05) is 86.6 Å². The Labute approximate surface area is 188 Å². The average molecular weight is 435 g/mol. The molecule has 0 bridgehead atoms. The quantitative estimate of drug-likeness (QED) is 0.517. The molecule has 0 aliphatic heterocycles. The predicted octanol–water partition coefficient (Wildman–Crippen LogP) is 5.38. The third kappa shape index (κ3) is 6.19. The first-order valence-electron chi connectivity index (χ1n) is 10.4. The van der Waals surface area contributed by atoms with Crippen molar-refractivity contribution in [1.82, 2.24) is 10.2 Å². The molecule has 1 N–H and O–H groups in total. The first-order valence-corrected chi connectivity index (χ1v) is 10.7. The summed E-state index contributed by atoms with van der Waals surface area (Å²) < 4.78 is 0. The third-order valence-electron chi connectivity index (χ3n) is 5.03. The summed E-state index contributed by atoms with van der Waals surface area (Å²) in [5.41, 5.74) is 2.69. The predicted molar refractivity (Wildman–Crippen MR) is 124 cm³/mol. The van der Waals surface area contributed by atoms with Gasteiger partial charge in [-0.2, -0.15) is 0 Å². The van der Waals surface area contributed by atoms with E-state index in [4.69, 9.17) is 11.6 Å². The highest BCUT2D eigenvalue weighted by Crippen LogP contribution is 2.26. The minimum Gasteiger partial charge on any atom is -0.350 e. The van der Waals surface area contributed by atoms with E-state index in [2.05, 4.69) is 5.32 Å². The monoisotopic (exact) mass is 434 g/mol. The van der Waals surface area contributed by atoms with E-state index in [-0.39, 0.29) is 17.7 Å². The van der Waals surface area contributed by atoms with Crippen molar-refractivity contribution < 1.29 is 9.59 Å². The topological polar surface area (TPSA) is 49.4 Å². The molecular formula is C26H27ClN2O2. The van der Waals surface area contributed by atoms with Crippen LogP contribution in [0, 0.1) is 5.92 Å². The van der Waals surface area contributed by atoms with Gasteiger partial charge in [-0.3, -0.25) is 9.59 Å². The van der Waals surface area contributed by atoms with Crippen molar-refractivity contribution in [2.45, 2.75) is 33.0 Å². The molecule has 31 heavy (non-hydrogen) atoms. The maximum absolute atomic E-state index is 13.4. The lowest BCUT2D eigenvalue weighted by atomic mass is 10.0. The molecule has 1 atom stereocenters. The molecule has 4 nitrogen and oxygen atoms in total. The van der Waals surface area contributed by atoms with Gasteiger partial charge in [-0.1, -0.05) is 98.2 Å². The summed E-state index contributed by atoms with van der Waals surface area (Å²) >= 11 is 5.96. The summed E-state index contributed by atoms with van der Waals surface area (Å²) in [6.07, 6.45) is 0. The van der Waals surface area contributed by atoms with Gasteiger partial charge >= 0.3 is 0 Å². The van der Waals surface area contributed by atoms with E-state index in [1.165, 1.54) is 0 Å². The number of carbonyl (C=O) groups excluding carboxylic acids is 2. The van der Waals surface area contributed by atoms with Gasteiger partial charge in [-0.05, 0) is 28.8 Å². The Morgan fingerprint density at radius 2 is 1.42 bits per heavy atom. The number of hydrogen-bond acceptors (Lipinski definition) is 2. The molecule has 160 valence electrons. The second-order valence-corrected chi connectivity index (χ2v) is 8.20. The molecule has 0 unspecified atom stereocenters. The van der Waals surface area contributed by atoms with Crippen molar-refractivity contribution >= 4 is 23.4 Å². The van der Waals surface area contributed by atoms with E-state index in [0.717, 1.165) is 16.7 Å². The number of rotatable bonds is 8. The summed E-state index contributed by atoms with van der Waals surface area (Å²) in [7, 11) is 0. The minimum absolute atomic E-state index is 0.0700. The van der Waals surface area contributed by atoms with Crippen LogP contribution in [0.4, 0.5) is 0 Å². The van der Waals surface area contributed by atoms with Gasteiger partial charge in [0.15, 0.2) is 0 Å². The number of benzene rings is 3. The number of nitrogens with one attached hydrogen (secondary N) is 1. The summed E-state index contributed by atoms with van der Waals surface area (Å²) in [5.74, 6) is -0.524. The zero-order valence-electron chi connectivity index (χ0n) is 17.8. The maximum atomic E-state index is 13.4. The Morgan fingerprint density at radius 1 is 0.839 bits per heavy atom. The van der Waals surface area contributed by atoms with E-state index in [1.54, 1.807) is 17.0 Å². The molecule has 3 aromatic carbocycles. The fourth-order valence-electron chi connectivity index (χ4n) is 3.40. The molecule has 0 heterocycles. The fourth-order valence-corrected chi connectivity index (χ4v) is 3.53. The molecule has 2 amide bonds. The molecule has 0 radical (unpaired) electrons. The Morgan fingerprint density at radius 3 is 2.00 bits per heavy atom. The smallest absolute Gasteiger partial charge is 0.247 e. The van der Waals surface area contributed by atoms with Crippen molar-refractivity contribution in [3.8, 4) is 0 Å². The molecular weight excluding hydrogens is 408 g/mol. The first-order chi connectivity index (χ1) is 15.0. The molecule has 0 saturated heterocycles. The van der Waals surface area contributed by atoms with Crippen LogP contribution in [0.1, 0.15) is 36.6 Å². The summed E-state index contributed by atoms with van der Waals surface area (Å²) in [5, 5.41) is 3.65. The number of hydrogen-bond donors (Lipinski definition) is 1. The van der Waals surface area contributed by atoms with E-state index in [0.29, 0.717) is 18.1 Å². The van der Waals surface area contributed by atoms with Crippen LogP contribution in [0.15, 0.2) is 84.9 Å². The lowest BCUT2D eigenvalue weighted by molar-refractivity contribution is -0.144. The molecule has 0 saturated carbocycles. The van der Waals surface area contributed by atoms with Crippen LogP contribution < -0.4 is 5.32 Å². The SMILES string of the molecule is CC(C)C(=O)N(Cc1ccccc1)[C@@H](C(=O)NCc1ccc(Cl)cc1)c1ccccc1. The van der Waals surface area contributed by atoms with Crippen LogP contribution in [0.3, 0.4) is 0 Å². The Hall–Kier alpha value is -3.11. The Bertz CT molecular complexity index is 989. The highest BCUT2D eigenvalue weighted by molar-refractivity contribution is 6.30. The standard InChI is InChI=1S/C26H27ClN2O2/c1-19(2)26(31)29(18-21-9-5-3-6-10-21)24(22-11-7-4-8-12-22)25(30)28-17-20-13-15-23(27)16-14-20/h3-16,19,24H,17-18H2,1-2H3,(H,28,30)/t24-/m1/s1. The van der Waals surface area contributed by atoms with Gasteiger partial charge in [-0.25, -0.2) is 0 Å². The molecule has 0 aliphatic rings. The average Bonchev–Trinajstić information content (AvgIpc) is 2.79. The highest BCUT2D eigenvalue weighted by Gasteiger charge is 2.32. The number of carbonyl (C=O) groups is 2. The van der Waals surface area contributed by atoms with Gasteiger partial charge in [-0.15, -0.1) is 0 Å². The maximum Gasteiger partial charge on any atom is 0.247 e. The largest absolute Gasteiger partial charge is 0.350 e. The Kier molecular flexibility index (Phi) is 7.85. The fraction of sp³-hybridized carbons (Fsp3) is 0.231. The van der Waals surface area contributed by atoms with Crippen LogP contribution >= 0.6 is 11.6 Å². The first kappa shape index (κ1) is 22.6. The van der Waals surface area contributed by atoms with Crippen molar-refractivity contribution in [1.29, 1.82) is 0 Å². The third-order valence-corrected chi connectivity index (χ3v) is 5.28. The molecule has 0 spiro atoms. The van der Waals surface area contributed by atoms with E-state index < -0.39 is 6.04 Å². The summed E-state index contributed by atoms with van der Waals surface area (Å²) in [6, 6.07) is 25.8. The van der Waals surface area contributed by atoms with Crippen molar-refractivity contribution in [2.75, 3.05) is 0 Å². The molecule has 0 fully saturated rings. The number of halogens is 1. The summed E-state index contributed by atoms with van der Waals surface area (Å²) in [6.45, 7) is 4.42. The van der Waals surface area contributed by atoms with E-state index >= 15 is 0 Å². The molecule has 5 heteroatoms. The summed E-state index contributed by atoms with van der Waals surface area (Å²) in [4.78, 5) is 28.3. The minimum atomic E-state index is -0.733. The van der Waals surface area contributed by atoms with Crippen molar-refractivity contribution in [3.05, 3.63) is 107 Å². The number of amides is 2. The van der Waals surface area contributed by atoms with Gasteiger partial charge in [0.25, 0.3) is 0 Å². The number of nitrogens with zero attached hydrogens (tertiary/aromatic N) is 1. The molecule has 0 aliphatic carbocycles. The van der Waals surface area contributed by atoms with E-state index in [9.17, 15) is 9.59 Å². The lowest BCUT2D eigenvalue weighted by Gasteiger charge is -2.33. The molecule has 3 rings (SSSR count). The van der Waals surface area contributed by atoms with Crippen LogP contribution in [0.25, 0.3) is 0 Å². The van der Waals surface area contributed by atoms with Crippen LogP contribution in [0.5, 0.6) is 0 Å². The molecule has 0 aromatic heterocycles. The second-order valence-electron chi connectivity index (χ2n) is 7.76. The van der Waals surface area contributed by atoms with Gasteiger partial charge < -0.3 is 10.2 Å². The second kappa shape index (κ2) is 10.8. The Balaban J connectivity index is 1.91. The van der Waals surface area contributed by atoms with Crippen molar-refractivity contribution in [3.63, 3.8) is 0 Å². The lowest BCUT2D eigenvalue weighted by Crippen LogP contribution is -2.44. The normalized spacial score (nSPS) is 11.7. The van der Waals surface area contributed by atoms with Gasteiger partial charge in [0, 0.05) is 24.0 Å². The molecule has 3 aromatic rings. The zero-order valence-corrected chi connectivity index (χ0v) is 18.5. The van der Waals surface area contributed by atoms with Crippen LogP contribution in [0.2, 0.25) is 5.02 Å². The van der Waals surface area contributed by atoms with Crippen LogP contribution in [-0.2, 0) is 22.7 Å². The van der Waals surface area contributed by atoms with Gasteiger partial charge in [0.05, 0.1) is 0 Å². The van der Waals surface area contributed by atoms with Gasteiger partial charge in [0.1, 0.15) is 6.04 Å². The highest BCUT2D eigenvalue weighted by atomic mass is 35.5.